The van der Waals surface area contributed by atoms with Gasteiger partial charge in [0.25, 0.3) is 5.91 Å². The molecule has 1 fully saturated rings. The lowest BCUT2D eigenvalue weighted by Crippen LogP contribution is -2.29. The Labute approximate surface area is 81.7 Å². The third kappa shape index (κ3) is 1.85. The first-order valence-electron chi connectivity index (χ1n) is 4.52. The van der Waals surface area contributed by atoms with Gasteiger partial charge in [-0.2, -0.15) is 0 Å². The Balaban J connectivity index is 2.03. The molecule has 0 bridgehead atoms. The molecule has 4 N–H and O–H groups in total. The molecule has 14 heavy (non-hydrogen) atoms. The van der Waals surface area contributed by atoms with Crippen LogP contribution in [0.4, 0.5) is 0 Å². The van der Waals surface area contributed by atoms with Gasteiger partial charge in [-0.05, 0) is 24.6 Å². The maximum atomic E-state index is 11.5. The number of benzene rings is 1. The van der Waals surface area contributed by atoms with E-state index in [1.165, 1.54) is 12.1 Å². The van der Waals surface area contributed by atoms with Crippen LogP contribution in [0, 0.1) is 0 Å². The van der Waals surface area contributed by atoms with Crippen molar-refractivity contribution in [3.63, 3.8) is 0 Å². The molecule has 74 valence electrons. The number of nitrogens with one attached hydrogen (secondary N) is 1. The first-order valence-corrected chi connectivity index (χ1v) is 4.52. The molecular formula is C10H12N2O2. The highest BCUT2D eigenvalue weighted by Gasteiger charge is 2.34. The van der Waals surface area contributed by atoms with Crippen LogP contribution in [0.5, 0.6) is 5.75 Å². The van der Waals surface area contributed by atoms with E-state index in [9.17, 15) is 4.79 Å². The fraction of sp³-hybridized carbons (Fsp3) is 0.300. The number of hydrogen-bond donors (Lipinski definition) is 3. The van der Waals surface area contributed by atoms with Gasteiger partial charge < -0.3 is 16.2 Å². The zero-order valence-corrected chi connectivity index (χ0v) is 7.60. The smallest absolute Gasteiger partial charge is 0.251 e. The van der Waals surface area contributed by atoms with Crippen molar-refractivity contribution >= 4 is 5.91 Å². The van der Waals surface area contributed by atoms with E-state index in [2.05, 4.69) is 5.32 Å². The summed E-state index contributed by atoms with van der Waals surface area (Å²) in [5.74, 6) is -0.0865. The van der Waals surface area contributed by atoms with Crippen molar-refractivity contribution in [3.05, 3.63) is 29.8 Å². The highest BCUT2D eigenvalue weighted by atomic mass is 16.3. The number of nitrogens with two attached hydrogens (primary N) is 1. The summed E-state index contributed by atoms with van der Waals surface area (Å²) in [5, 5.41) is 11.9. The van der Waals surface area contributed by atoms with E-state index in [1.54, 1.807) is 12.1 Å². The van der Waals surface area contributed by atoms with Crippen LogP contribution in [-0.4, -0.2) is 23.1 Å². The summed E-state index contributed by atoms with van der Waals surface area (Å²) in [5.41, 5.74) is 6.02. The first-order chi connectivity index (χ1) is 6.66. The summed E-state index contributed by atoms with van der Waals surface area (Å²) < 4.78 is 0. The molecule has 4 nitrogen and oxygen atoms in total. The van der Waals surface area contributed by atoms with Crippen LogP contribution in [0.15, 0.2) is 24.3 Å². The van der Waals surface area contributed by atoms with Gasteiger partial charge in [0, 0.05) is 17.6 Å². The van der Waals surface area contributed by atoms with Crippen LogP contribution in [0.3, 0.4) is 0 Å². The van der Waals surface area contributed by atoms with Crippen molar-refractivity contribution in [2.75, 3.05) is 0 Å². The average Bonchev–Trinajstić information content (AvgIpc) is 2.81. The standard InChI is InChI=1S/C10H12N2O2/c11-8-5-9(8)12-10(14)6-2-1-3-7(13)4-6/h1-4,8-9,13H,5,11H2,(H,12,14). The molecule has 4 heteroatoms. The van der Waals surface area contributed by atoms with Gasteiger partial charge in [-0.3, -0.25) is 4.79 Å². The molecule has 1 saturated carbocycles. The van der Waals surface area contributed by atoms with Crippen LogP contribution in [0.1, 0.15) is 16.8 Å². The molecule has 1 aliphatic carbocycles. The molecule has 0 spiro atoms. The number of rotatable bonds is 2. The minimum absolute atomic E-state index is 0.0938. The molecular weight excluding hydrogens is 180 g/mol. The van der Waals surface area contributed by atoms with Crippen molar-refractivity contribution < 1.29 is 9.90 Å². The SMILES string of the molecule is NC1CC1NC(=O)c1cccc(O)c1. The highest BCUT2D eigenvalue weighted by molar-refractivity contribution is 5.95. The van der Waals surface area contributed by atoms with Gasteiger partial charge >= 0.3 is 0 Å². The van der Waals surface area contributed by atoms with Crippen molar-refractivity contribution in [3.8, 4) is 5.75 Å². The summed E-state index contributed by atoms with van der Waals surface area (Å²) in [7, 11) is 0. The summed E-state index contributed by atoms with van der Waals surface area (Å²) in [6.07, 6.45) is 0.838. The lowest BCUT2D eigenvalue weighted by Gasteiger charge is -2.03. The third-order valence-electron chi connectivity index (χ3n) is 2.26. The molecule has 1 amide bonds. The Hall–Kier alpha value is -1.55. The average molecular weight is 192 g/mol. The maximum absolute atomic E-state index is 11.5. The number of phenolic OH excluding ortho intramolecular Hbond substituents is 1. The van der Waals surface area contributed by atoms with Crippen LogP contribution in [-0.2, 0) is 0 Å². The van der Waals surface area contributed by atoms with Crippen molar-refractivity contribution in [2.45, 2.75) is 18.5 Å². The molecule has 1 aromatic rings. The summed E-state index contributed by atoms with van der Waals surface area (Å²) in [6.45, 7) is 0. The normalized spacial score (nSPS) is 24.4. The van der Waals surface area contributed by atoms with E-state index in [0.29, 0.717) is 5.56 Å². The molecule has 2 rings (SSSR count). The number of phenols is 1. The van der Waals surface area contributed by atoms with Gasteiger partial charge in [-0.15, -0.1) is 0 Å². The molecule has 0 aliphatic heterocycles. The van der Waals surface area contributed by atoms with E-state index in [0.717, 1.165) is 6.42 Å². The van der Waals surface area contributed by atoms with Crippen molar-refractivity contribution in [2.24, 2.45) is 5.73 Å². The van der Waals surface area contributed by atoms with E-state index < -0.39 is 0 Å². The fourth-order valence-corrected chi connectivity index (χ4v) is 1.28. The summed E-state index contributed by atoms with van der Waals surface area (Å²) in [4.78, 5) is 11.5. The molecule has 1 aliphatic rings. The van der Waals surface area contributed by atoms with Gasteiger partial charge in [-0.25, -0.2) is 0 Å². The van der Waals surface area contributed by atoms with Crippen LogP contribution in [0.2, 0.25) is 0 Å². The summed E-state index contributed by atoms with van der Waals surface area (Å²) >= 11 is 0. The molecule has 2 unspecified atom stereocenters. The predicted molar refractivity (Wildman–Crippen MR) is 52.0 cm³/mol. The molecule has 2 atom stereocenters. The van der Waals surface area contributed by atoms with Crippen LogP contribution >= 0.6 is 0 Å². The van der Waals surface area contributed by atoms with Gasteiger partial charge in [0.2, 0.25) is 0 Å². The highest BCUT2D eigenvalue weighted by Crippen LogP contribution is 2.19. The molecule has 1 aromatic carbocycles. The van der Waals surface area contributed by atoms with E-state index in [4.69, 9.17) is 10.8 Å². The lowest BCUT2D eigenvalue weighted by molar-refractivity contribution is 0.0950. The Bertz CT molecular complexity index is 365. The van der Waals surface area contributed by atoms with E-state index >= 15 is 0 Å². The third-order valence-corrected chi connectivity index (χ3v) is 2.26. The quantitative estimate of drug-likeness (QED) is 0.627. The largest absolute Gasteiger partial charge is 0.508 e. The van der Waals surface area contributed by atoms with Gasteiger partial charge in [0.05, 0.1) is 0 Å². The molecule has 0 aromatic heterocycles. The van der Waals surface area contributed by atoms with Gasteiger partial charge in [0.15, 0.2) is 0 Å². The van der Waals surface area contributed by atoms with E-state index in [1.807, 2.05) is 0 Å². The number of amides is 1. The first kappa shape index (κ1) is 9.02. The van der Waals surface area contributed by atoms with Crippen LogP contribution < -0.4 is 11.1 Å². The predicted octanol–water partition coefficient (Wildman–Crippen LogP) is 0.222. The number of hydrogen-bond acceptors (Lipinski definition) is 3. The van der Waals surface area contributed by atoms with Crippen molar-refractivity contribution in [1.29, 1.82) is 0 Å². The van der Waals surface area contributed by atoms with E-state index in [-0.39, 0.29) is 23.7 Å². The Morgan fingerprint density at radius 2 is 2.29 bits per heavy atom. The lowest BCUT2D eigenvalue weighted by atomic mass is 10.2. The topological polar surface area (TPSA) is 75.3 Å². The minimum atomic E-state index is -0.182. The maximum Gasteiger partial charge on any atom is 0.251 e. The second-order valence-corrected chi connectivity index (χ2v) is 3.53. The molecule has 0 heterocycles. The molecule has 0 radical (unpaired) electrons. The number of aromatic hydroxyl groups is 1. The Kier molecular flexibility index (Phi) is 2.13. The zero-order valence-electron chi connectivity index (χ0n) is 7.60. The number of carbonyl (C=O) groups excluding carboxylic acids is 1. The number of carbonyl (C=O) groups is 1. The monoisotopic (exact) mass is 192 g/mol. The Morgan fingerprint density at radius 3 is 2.86 bits per heavy atom. The minimum Gasteiger partial charge on any atom is -0.508 e. The second-order valence-electron chi connectivity index (χ2n) is 3.53. The van der Waals surface area contributed by atoms with Crippen LogP contribution in [0.25, 0.3) is 0 Å². The fourth-order valence-electron chi connectivity index (χ4n) is 1.28. The molecule has 0 saturated heterocycles. The van der Waals surface area contributed by atoms with Crippen molar-refractivity contribution in [1.82, 2.24) is 5.32 Å². The second kappa shape index (κ2) is 3.31. The Morgan fingerprint density at radius 1 is 1.57 bits per heavy atom. The van der Waals surface area contributed by atoms with Gasteiger partial charge in [0.1, 0.15) is 5.75 Å². The zero-order chi connectivity index (χ0) is 10.1. The summed E-state index contributed by atoms with van der Waals surface area (Å²) in [6, 6.07) is 6.45. The van der Waals surface area contributed by atoms with Gasteiger partial charge in [-0.1, -0.05) is 6.07 Å².